The number of rotatable bonds is 5. The van der Waals surface area contributed by atoms with Crippen molar-refractivity contribution < 1.29 is 9.59 Å². The number of para-hydroxylation sites is 1. The molecule has 0 spiro atoms. The lowest BCUT2D eigenvalue weighted by molar-refractivity contribution is -0.132. The predicted molar refractivity (Wildman–Crippen MR) is 104 cm³/mol. The van der Waals surface area contributed by atoms with Crippen molar-refractivity contribution in [3.63, 3.8) is 0 Å². The van der Waals surface area contributed by atoms with E-state index in [4.69, 9.17) is 0 Å². The van der Waals surface area contributed by atoms with Gasteiger partial charge < -0.3 is 15.1 Å². The molecule has 1 saturated heterocycles. The summed E-state index contributed by atoms with van der Waals surface area (Å²) in [7, 11) is 0. The molecule has 0 unspecified atom stereocenters. The van der Waals surface area contributed by atoms with E-state index in [1.165, 1.54) is 23.1 Å². The summed E-state index contributed by atoms with van der Waals surface area (Å²) < 4.78 is 0. The molecule has 0 bridgehead atoms. The number of hydrogen-bond acceptors (Lipinski definition) is 5. The Bertz CT molecular complexity index is 780. The number of carbonyl (C=O) groups is 2. The van der Waals surface area contributed by atoms with Gasteiger partial charge in [0.1, 0.15) is 0 Å². The first-order chi connectivity index (χ1) is 12.6. The zero-order chi connectivity index (χ0) is 18.4. The highest BCUT2D eigenvalue weighted by molar-refractivity contribution is 7.09. The topological polar surface area (TPSA) is 65.5 Å². The van der Waals surface area contributed by atoms with E-state index >= 15 is 0 Å². The van der Waals surface area contributed by atoms with E-state index < -0.39 is 0 Å². The third-order valence-electron chi connectivity index (χ3n) is 4.21. The summed E-state index contributed by atoms with van der Waals surface area (Å²) in [5.74, 6) is -0.337. The van der Waals surface area contributed by atoms with Crippen LogP contribution in [0, 0.1) is 6.92 Å². The molecule has 1 aliphatic heterocycles. The monoisotopic (exact) mass is 370 g/mol. The number of anilines is 1. The summed E-state index contributed by atoms with van der Waals surface area (Å²) in [6.45, 7) is 4.86. The zero-order valence-electron chi connectivity index (χ0n) is 14.7. The Kier molecular flexibility index (Phi) is 6.01. The van der Waals surface area contributed by atoms with Gasteiger partial charge in [-0.3, -0.25) is 9.59 Å². The molecule has 2 amide bonds. The van der Waals surface area contributed by atoms with Gasteiger partial charge in [-0.25, -0.2) is 4.98 Å². The van der Waals surface area contributed by atoms with Crippen molar-refractivity contribution in [1.82, 2.24) is 15.2 Å². The number of nitrogens with one attached hydrogen (secondary N) is 1. The Morgan fingerprint density at radius 1 is 1.19 bits per heavy atom. The van der Waals surface area contributed by atoms with Gasteiger partial charge >= 0.3 is 0 Å². The standard InChI is InChI=1S/C19H22N4O2S/c1-15-21-16(14-26-15)7-8-18(24)20-13-19(25)23-11-9-22(10-12-23)17-5-3-2-4-6-17/h2-8,14H,9-13H2,1H3,(H,20,24)/b8-7+. The average molecular weight is 370 g/mol. The molecule has 2 heterocycles. The van der Waals surface area contributed by atoms with Gasteiger partial charge in [0, 0.05) is 43.3 Å². The second-order valence-electron chi connectivity index (χ2n) is 6.05. The van der Waals surface area contributed by atoms with Gasteiger partial charge in [-0.05, 0) is 25.1 Å². The number of benzene rings is 1. The van der Waals surface area contributed by atoms with Gasteiger partial charge in [-0.15, -0.1) is 11.3 Å². The number of carbonyl (C=O) groups excluding carboxylic acids is 2. The number of piperazine rings is 1. The molecule has 1 aromatic heterocycles. The second kappa shape index (κ2) is 8.62. The van der Waals surface area contributed by atoms with Gasteiger partial charge in [0.15, 0.2) is 0 Å². The summed E-state index contributed by atoms with van der Waals surface area (Å²) in [5, 5.41) is 5.48. The highest BCUT2D eigenvalue weighted by atomic mass is 32.1. The normalized spacial score (nSPS) is 14.7. The molecule has 0 radical (unpaired) electrons. The van der Waals surface area contributed by atoms with E-state index in [1.54, 1.807) is 11.0 Å². The molecule has 1 aromatic carbocycles. The fourth-order valence-corrected chi connectivity index (χ4v) is 3.38. The third kappa shape index (κ3) is 4.92. The lowest BCUT2D eigenvalue weighted by Gasteiger charge is -2.36. The summed E-state index contributed by atoms with van der Waals surface area (Å²) in [5.41, 5.74) is 1.93. The molecular formula is C19H22N4O2S. The Hall–Kier alpha value is -2.67. The van der Waals surface area contributed by atoms with Crippen molar-refractivity contribution >= 4 is 34.9 Å². The summed E-state index contributed by atoms with van der Waals surface area (Å²) in [4.78, 5) is 32.4. The SMILES string of the molecule is Cc1nc(/C=C/C(=O)NCC(=O)N2CCN(c3ccccc3)CC2)cs1. The molecule has 0 atom stereocenters. The van der Waals surface area contributed by atoms with Crippen LogP contribution in [0.25, 0.3) is 6.08 Å². The van der Waals surface area contributed by atoms with E-state index in [2.05, 4.69) is 27.3 Å². The summed E-state index contributed by atoms with van der Waals surface area (Å²) in [6.07, 6.45) is 3.07. The van der Waals surface area contributed by atoms with Crippen LogP contribution in [0.2, 0.25) is 0 Å². The molecular weight excluding hydrogens is 348 g/mol. The largest absolute Gasteiger partial charge is 0.368 e. The highest BCUT2D eigenvalue weighted by Gasteiger charge is 2.21. The zero-order valence-corrected chi connectivity index (χ0v) is 15.5. The second-order valence-corrected chi connectivity index (χ2v) is 7.11. The first-order valence-electron chi connectivity index (χ1n) is 8.57. The summed E-state index contributed by atoms with van der Waals surface area (Å²) >= 11 is 1.53. The fourth-order valence-electron chi connectivity index (χ4n) is 2.80. The first kappa shape index (κ1) is 18.1. The lowest BCUT2D eigenvalue weighted by atomic mass is 10.2. The lowest BCUT2D eigenvalue weighted by Crippen LogP contribution is -2.51. The number of aromatic nitrogens is 1. The third-order valence-corrected chi connectivity index (χ3v) is 5.00. The maximum Gasteiger partial charge on any atom is 0.244 e. The Morgan fingerprint density at radius 2 is 1.92 bits per heavy atom. The van der Waals surface area contributed by atoms with Crippen molar-refractivity contribution in [2.45, 2.75) is 6.92 Å². The number of hydrogen-bond donors (Lipinski definition) is 1. The number of aryl methyl sites for hydroxylation is 1. The van der Waals surface area contributed by atoms with Crippen molar-refractivity contribution in [1.29, 1.82) is 0 Å². The van der Waals surface area contributed by atoms with Gasteiger partial charge in [0.05, 0.1) is 17.2 Å². The molecule has 1 aliphatic rings. The Labute approximate surface area is 157 Å². The Balaban J connectivity index is 1.41. The smallest absolute Gasteiger partial charge is 0.244 e. The molecule has 1 N–H and O–H groups in total. The molecule has 2 aromatic rings. The van der Waals surface area contributed by atoms with Crippen molar-refractivity contribution in [3.8, 4) is 0 Å². The van der Waals surface area contributed by atoms with Gasteiger partial charge in [0.2, 0.25) is 11.8 Å². The van der Waals surface area contributed by atoms with E-state index in [1.807, 2.05) is 30.5 Å². The molecule has 7 heteroatoms. The van der Waals surface area contributed by atoms with E-state index in [-0.39, 0.29) is 18.4 Å². The minimum Gasteiger partial charge on any atom is -0.368 e. The van der Waals surface area contributed by atoms with E-state index in [0.29, 0.717) is 13.1 Å². The fraction of sp³-hybridized carbons (Fsp3) is 0.316. The van der Waals surface area contributed by atoms with E-state index in [0.717, 1.165) is 23.8 Å². The average Bonchev–Trinajstić information content (AvgIpc) is 3.10. The van der Waals surface area contributed by atoms with Gasteiger partial charge in [0.25, 0.3) is 0 Å². The molecule has 1 fully saturated rings. The van der Waals surface area contributed by atoms with Crippen LogP contribution in [0.15, 0.2) is 41.8 Å². The molecule has 3 rings (SSSR count). The van der Waals surface area contributed by atoms with Crippen molar-refractivity contribution in [2.75, 3.05) is 37.6 Å². The Morgan fingerprint density at radius 3 is 2.58 bits per heavy atom. The van der Waals surface area contributed by atoms with Crippen LogP contribution in [-0.2, 0) is 9.59 Å². The van der Waals surface area contributed by atoms with Crippen LogP contribution in [0.4, 0.5) is 5.69 Å². The maximum atomic E-state index is 12.3. The quantitative estimate of drug-likeness (QED) is 0.817. The highest BCUT2D eigenvalue weighted by Crippen LogP contribution is 2.15. The van der Waals surface area contributed by atoms with Crippen LogP contribution >= 0.6 is 11.3 Å². The van der Waals surface area contributed by atoms with Crippen LogP contribution in [-0.4, -0.2) is 54.4 Å². The number of thiazole rings is 1. The van der Waals surface area contributed by atoms with Crippen LogP contribution in [0.1, 0.15) is 10.7 Å². The molecule has 6 nitrogen and oxygen atoms in total. The van der Waals surface area contributed by atoms with Crippen LogP contribution < -0.4 is 10.2 Å². The number of nitrogens with zero attached hydrogens (tertiary/aromatic N) is 3. The van der Waals surface area contributed by atoms with Crippen LogP contribution in [0.5, 0.6) is 0 Å². The van der Waals surface area contributed by atoms with Gasteiger partial charge in [-0.2, -0.15) is 0 Å². The maximum absolute atomic E-state index is 12.3. The van der Waals surface area contributed by atoms with Crippen molar-refractivity contribution in [3.05, 3.63) is 52.5 Å². The first-order valence-corrected chi connectivity index (χ1v) is 9.45. The molecule has 0 aliphatic carbocycles. The summed E-state index contributed by atoms with van der Waals surface area (Å²) in [6, 6.07) is 10.2. The van der Waals surface area contributed by atoms with E-state index in [9.17, 15) is 9.59 Å². The minimum absolute atomic E-state index is 0.0185. The van der Waals surface area contributed by atoms with Gasteiger partial charge in [-0.1, -0.05) is 18.2 Å². The molecule has 26 heavy (non-hydrogen) atoms. The predicted octanol–water partition coefficient (Wildman–Crippen LogP) is 1.93. The molecule has 136 valence electrons. The van der Waals surface area contributed by atoms with Crippen molar-refractivity contribution in [2.24, 2.45) is 0 Å². The van der Waals surface area contributed by atoms with Crippen LogP contribution in [0.3, 0.4) is 0 Å². The number of amides is 2. The minimum atomic E-state index is -0.285. The molecule has 0 saturated carbocycles.